The van der Waals surface area contributed by atoms with Gasteiger partial charge >= 0.3 is 0 Å². The standard InChI is InChI=1S/C18H17N5O4/c24-16(21-10-13-4-1-8-26-13)15(12-23-18-19-6-3-7-20-18)17(25)22-11-14-5-2-9-27-14/h1-9,12H,10-11H2,(H,21,24)(H,22,25)(H,19,20,23). The molecule has 3 aromatic heterocycles. The van der Waals surface area contributed by atoms with E-state index in [1.54, 1.807) is 30.3 Å². The summed E-state index contributed by atoms with van der Waals surface area (Å²) in [6.45, 7) is 0.299. The van der Waals surface area contributed by atoms with Crippen molar-refractivity contribution in [2.75, 3.05) is 5.32 Å². The molecule has 3 N–H and O–H groups in total. The Hall–Kier alpha value is -3.88. The monoisotopic (exact) mass is 367 g/mol. The molecule has 138 valence electrons. The lowest BCUT2D eigenvalue weighted by Gasteiger charge is -2.09. The number of nitrogens with one attached hydrogen (secondary N) is 3. The number of hydrogen-bond acceptors (Lipinski definition) is 7. The smallest absolute Gasteiger partial charge is 0.258 e. The Kier molecular flexibility index (Phi) is 5.97. The average molecular weight is 367 g/mol. The molecule has 3 heterocycles. The van der Waals surface area contributed by atoms with Crippen LogP contribution in [0.2, 0.25) is 0 Å². The molecule has 0 saturated heterocycles. The van der Waals surface area contributed by atoms with Gasteiger partial charge < -0.3 is 24.8 Å². The Balaban J connectivity index is 1.68. The first-order valence-corrected chi connectivity index (χ1v) is 8.07. The molecule has 0 saturated carbocycles. The zero-order chi connectivity index (χ0) is 18.9. The number of nitrogens with zero attached hydrogens (tertiary/aromatic N) is 2. The normalized spacial score (nSPS) is 10.1. The molecule has 9 heteroatoms. The zero-order valence-corrected chi connectivity index (χ0v) is 14.2. The fourth-order valence-corrected chi connectivity index (χ4v) is 2.10. The molecule has 0 aliphatic heterocycles. The van der Waals surface area contributed by atoms with Gasteiger partial charge in [-0.05, 0) is 30.3 Å². The summed E-state index contributed by atoms with van der Waals surface area (Å²) in [4.78, 5) is 32.9. The summed E-state index contributed by atoms with van der Waals surface area (Å²) in [6.07, 6.45) is 7.34. The topological polar surface area (TPSA) is 122 Å². The number of amides is 2. The zero-order valence-electron chi connectivity index (χ0n) is 14.2. The predicted molar refractivity (Wildman–Crippen MR) is 94.8 cm³/mol. The predicted octanol–water partition coefficient (Wildman–Crippen LogP) is 1.59. The maximum absolute atomic E-state index is 12.5. The molecule has 0 atom stereocenters. The highest BCUT2D eigenvalue weighted by molar-refractivity contribution is 6.18. The summed E-state index contributed by atoms with van der Waals surface area (Å²) < 4.78 is 10.3. The first-order valence-electron chi connectivity index (χ1n) is 8.07. The molecule has 0 radical (unpaired) electrons. The summed E-state index contributed by atoms with van der Waals surface area (Å²) in [7, 11) is 0. The highest BCUT2D eigenvalue weighted by Crippen LogP contribution is 2.04. The summed E-state index contributed by atoms with van der Waals surface area (Å²) in [5.41, 5.74) is -0.138. The minimum Gasteiger partial charge on any atom is -0.467 e. The average Bonchev–Trinajstić information content (AvgIpc) is 3.39. The van der Waals surface area contributed by atoms with Crippen LogP contribution in [0.5, 0.6) is 0 Å². The minimum absolute atomic E-state index is 0.138. The van der Waals surface area contributed by atoms with E-state index in [4.69, 9.17) is 8.83 Å². The third kappa shape index (κ3) is 5.30. The van der Waals surface area contributed by atoms with Crippen molar-refractivity contribution in [1.29, 1.82) is 0 Å². The van der Waals surface area contributed by atoms with Gasteiger partial charge in [0.1, 0.15) is 17.1 Å². The lowest BCUT2D eigenvalue weighted by molar-refractivity contribution is -0.123. The molecular weight excluding hydrogens is 350 g/mol. The van der Waals surface area contributed by atoms with E-state index in [9.17, 15) is 9.59 Å². The van der Waals surface area contributed by atoms with Crippen molar-refractivity contribution in [3.05, 3.63) is 78.5 Å². The van der Waals surface area contributed by atoms with Crippen LogP contribution in [-0.4, -0.2) is 21.8 Å². The molecule has 0 aliphatic rings. The van der Waals surface area contributed by atoms with Crippen LogP contribution in [0.3, 0.4) is 0 Å². The fourth-order valence-electron chi connectivity index (χ4n) is 2.10. The fraction of sp³-hybridized carbons (Fsp3) is 0.111. The van der Waals surface area contributed by atoms with E-state index in [1.807, 2.05) is 0 Å². The van der Waals surface area contributed by atoms with Crippen LogP contribution in [0, 0.1) is 0 Å². The van der Waals surface area contributed by atoms with Crippen LogP contribution >= 0.6 is 0 Å². The Morgan fingerprint density at radius 2 is 1.44 bits per heavy atom. The van der Waals surface area contributed by atoms with Gasteiger partial charge in [0.15, 0.2) is 0 Å². The lowest BCUT2D eigenvalue weighted by atomic mass is 10.2. The first-order chi connectivity index (χ1) is 13.2. The van der Waals surface area contributed by atoms with E-state index in [1.165, 1.54) is 31.1 Å². The maximum atomic E-state index is 12.5. The SMILES string of the molecule is O=C(NCc1ccco1)C(=CNc1ncccn1)C(=O)NCc1ccco1. The molecule has 0 unspecified atom stereocenters. The minimum atomic E-state index is -0.577. The van der Waals surface area contributed by atoms with E-state index in [2.05, 4.69) is 25.9 Å². The molecule has 3 rings (SSSR count). The Labute approximate surface area is 154 Å². The van der Waals surface area contributed by atoms with Gasteiger partial charge in [-0.15, -0.1) is 0 Å². The van der Waals surface area contributed by atoms with Crippen molar-refractivity contribution in [3.63, 3.8) is 0 Å². The van der Waals surface area contributed by atoms with Gasteiger partial charge in [-0.3, -0.25) is 9.59 Å². The third-order valence-electron chi connectivity index (χ3n) is 3.41. The molecular formula is C18H17N5O4. The molecule has 0 spiro atoms. The van der Waals surface area contributed by atoms with Gasteiger partial charge in [-0.1, -0.05) is 0 Å². The number of hydrogen-bond donors (Lipinski definition) is 3. The number of carbonyl (C=O) groups excluding carboxylic acids is 2. The van der Waals surface area contributed by atoms with Crippen LogP contribution in [0.25, 0.3) is 0 Å². The van der Waals surface area contributed by atoms with Gasteiger partial charge in [0, 0.05) is 18.6 Å². The Morgan fingerprint density at radius 1 is 0.889 bits per heavy atom. The molecule has 0 aliphatic carbocycles. The molecule has 2 amide bonds. The highest BCUT2D eigenvalue weighted by Gasteiger charge is 2.19. The summed E-state index contributed by atoms with van der Waals surface area (Å²) in [5.74, 6) is 0.238. The van der Waals surface area contributed by atoms with Gasteiger partial charge in [-0.25, -0.2) is 9.97 Å². The van der Waals surface area contributed by atoms with Crippen molar-refractivity contribution < 1.29 is 18.4 Å². The lowest BCUT2D eigenvalue weighted by Crippen LogP contribution is -2.34. The second kappa shape index (κ2) is 8.99. The molecule has 0 fully saturated rings. The van der Waals surface area contributed by atoms with E-state index in [0.717, 1.165) is 0 Å². The molecule has 0 aromatic carbocycles. The van der Waals surface area contributed by atoms with E-state index < -0.39 is 11.8 Å². The van der Waals surface area contributed by atoms with Crippen molar-refractivity contribution in [3.8, 4) is 0 Å². The summed E-state index contributed by atoms with van der Waals surface area (Å²) in [6, 6.07) is 8.51. The summed E-state index contributed by atoms with van der Waals surface area (Å²) in [5, 5.41) is 8.00. The second-order valence-electron chi connectivity index (χ2n) is 5.30. The number of carbonyl (C=O) groups is 2. The Morgan fingerprint density at radius 3 is 1.93 bits per heavy atom. The van der Waals surface area contributed by atoms with Crippen molar-refractivity contribution >= 4 is 17.8 Å². The van der Waals surface area contributed by atoms with Crippen LogP contribution in [0.4, 0.5) is 5.95 Å². The molecule has 9 nitrogen and oxygen atoms in total. The van der Waals surface area contributed by atoms with Gasteiger partial charge in [-0.2, -0.15) is 0 Å². The van der Waals surface area contributed by atoms with Gasteiger partial charge in [0.05, 0.1) is 25.6 Å². The van der Waals surface area contributed by atoms with Gasteiger partial charge in [0.25, 0.3) is 11.8 Å². The molecule has 0 bridgehead atoms. The maximum Gasteiger partial charge on any atom is 0.258 e. The van der Waals surface area contributed by atoms with Crippen molar-refractivity contribution in [2.45, 2.75) is 13.1 Å². The van der Waals surface area contributed by atoms with Crippen molar-refractivity contribution in [1.82, 2.24) is 20.6 Å². The molecule has 27 heavy (non-hydrogen) atoms. The van der Waals surface area contributed by atoms with Crippen LogP contribution < -0.4 is 16.0 Å². The third-order valence-corrected chi connectivity index (χ3v) is 3.41. The largest absolute Gasteiger partial charge is 0.467 e. The number of anilines is 1. The number of furan rings is 2. The summed E-state index contributed by atoms with van der Waals surface area (Å²) >= 11 is 0. The van der Waals surface area contributed by atoms with Gasteiger partial charge in [0.2, 0.25) is 5.95 Å². The second-order valence-corrected chi connectivity index (χ2v) is 5.30. The van der Waals surface area contributed by atoms with E-state index >= 15 is 0 Å². The Bertz CT molecular complexity index is 837. The number of aromatic nitrogens is 2. The van der Waals surface area contributed by atoms with Crippen LogP contribution in [0.15, 0.2) is 75.9 Å². The van der Waals surface area contributed by atoms with Crippen LogP contribution in [-0.2, 0) is 22.7 Å². The van der Waals surface area contributed by atoms with E-state index in [-0.39, 0.29) is 24.6 Å². The van der Waals surface area contributed by atoms with Crippen molar-refractivity contribution in [2.24, 2.45) is 0 Å². The first kappa shape index (κ1) is 17.9. The van der Waals surface area contributed by atoms with E-state index in [0.29, 0.717) is 11.5 Å². The van der Waals surface area contributed by atoms with Crippen LogP contribution in [0.1, 0.15) is 11.5 Å². The highest BCUT2D eigenvalue weighted by atomic mass is 16.3. The quantitative estimate of drug-likeness (QED) is 0.314. The number of rotatable bonds is 8. The molecule has 3 aromatic rings.